The van der Waals surface area contributed by atoms with Crippen molar-refractivity contribution in [3.8, 4) is 11.1 Å². The highest BCUT2D eigenvalue weighted by Gasteiger charge is 2.29. The fourth-order valence-electron chi connectivity index (χ4n) is 7.78. The van der Waals surface area contributed by atoms with Crippen molar-refractivity contribution < 1.29 is 13.3 Å². The fourth-order valence-corrected chi connectivity index (χ4v) is 7.78. The Morgan fingerprint density at radius 2 is 1.02 bits per heavy atom. The summed E-state index contributed by atoms with van der Waals surface area (Å²) in [5.41, 5.74) is 10.5. The molecular weight excluding hydrogens is 631 g/mol. The van der Waals surface area contributed by atoms with Crippen LogP contribution < -0.4 is 10.6 Å². The van der Waals surface area contributed by atoms with E-state index in [0.717, 1.165) is 99.5 Å². The van der Waals surface area contributed by atoms with Crippen LogP contribution in [0.5, 0.6) is 0 Å². The quantitative estimate of drug-likeness (QED) is 0.197. The van der Waals surface area contributed by atoms with Gasteiger partial charge in [0.25, 0.3) is 0 Å². The first-order chi connectivity index (χ1) is 25.2. The molecule has 4 heterocycles. The molecule has 1 aliphatic heterocycles. The number of fused-ring (bicyclic) bond motifs is 9. The van der Waals surface area contributed by atoms with Crippen LogP contribution in [-0.2, 0) is 0 Å². The number of para-hydroxylation sites is 3. The first-order valence-electron chi connectivity index (χ1n) is 17.2. The summed E-state index contributed by atoms with van der Waals surface area (Å²) in [5, 5.41) is 14.1. The molecule has 0 fully saturated rings. The van der Waals surface area contributed by atoms with E-state index in [1.807, 2.05) is 48.5 Å². The van der Waals surface area contributed by atoms with Crippen molar-refractivity contribution >= 4 is 71.7 Å². The van der Waals surface area contributed by atoms with Crippen LogP contribution in [-0.4, -0.2) is 5.84 Å². The third-order valence-corrected chi connectivity index (χ3v) is 10.2. The van der Waals surface area contributed by atoms with Crippen LogP contribution in [0, 0.1) is 0 Å². The normalized spacial score (nSPS) is 16.4. The molecule has 6 heteroatoms. The van der Waals surface area contributed by atoms with Gasteiger partial charge in [-0.1, -0.05) is 109 Å². The average Bonchev–Trinajstić information content (AvgIpc) is 3.88. The molecule has 0 radical (unpaired) electrons. The molecule has 2 unspecified atom stereocenters. The number of amidine groups is 1. The van der Waals surface area contributed by atoms with Crippen LogP contribution in [0.4, 0.5) is 0 Å². The molecule has 0 aliphatic carbocycles. The minimum Gasteiger partial charge on any atom is -0.456 e. The summed E-state index contributed by atoms with van der Waals surface area (Å²) in [6.45, 7) is 0. The maximum atomic E-state index is 6.68. The Hall–Kier alpha value is -6.63. The van der Waals surface area contributed by atoms with E-state index in [9.17, 15) is 0 Å². The van der Waals surface area contributed by atoms with Gasteiger partial charge in [0.2, 0.25) is 0 Å². The molecule has 6 nitrogen and oxygen atoms in total. The minimum atomic E-state index is -0.389. The predicted octanol–water partition coefficient (Wildman–Crippen LogP) is 11.4. The Balaban J connectivity index is 1.04. The van der Waals surface area contributed by atoms with E-state index >= 15 is 0 Å². The Bertz CT molecular complexity index is 3000. The minimum absolute atomic E-state index is 0.257. The second kappa shape index (κ2) is 10.9. The first kappa shape index (κ1) is 28.2. The fraction of sp³-hybridized carbons (Fsp3) is 0.0444. The molecule has 2 N–H and O–H groups in total. The van der Waals surface area contributed by atoms with E-state index in [2.05, 4.69) is 114 Å². The van der Waals surface area contributed by atoms with Gasteiger partial charge in [-0.25, -0.2) is 4.99 Å². The van der Waals surface area contributed by atoms with Crippen molar-refractivity contribution in [3.05, 3.63) is 168 Å². The summed E-state index contributed by atoms with van der Waals surface area (Å²) in [4.78, 5) is 5.26. The molecule has 0 saturated heterocycles. The van der Waals surface area contributed by atoms with E-state index in [1.165, 1.54) is 0 Å². The van der Waals surface area contributed by atoms with Gasteiger partial charge in [-0.05, 0) is 53.6 Å². The van der Waals surface area contributed by atoms with Crippen molar-refractivity contribution in [3.63, 3.8) is 0 Å². The van der Waals surface area contributed by atoms with Gasteiger partial charge in [-0.3, -0.25) is 5.32 Å². The third kappa shape index (κ3) is 4.43. The molecule has 0 bridgehead atoms. The molecule has 0 amide bonds. The lowest BCUT2D eigenvalue weighted by atomic mass is 9.99. The summed E-state index contributed by atoms with van der Waals surface area (Å²) in [6, 6.07) is 52.1. The van der Waals surface area contributed by atoms with E-state index < -0.39 is 0 Å². The molecule has 3 aromatic heterocycles. The number of hydrogen-bond donors (Lipinski definition) is 2. The number of nitrogens with one attached hydrogen (secondary N) is 2. The van der Waals surface area contributed by atoms with Crippen molar-refractivity contribution in [2.75, 3.05) is 0 Å². The molecule has 11 rings (SSSR count). The number of nitrogens with zero attached hydrogens (tertiary/aromatic N) is 1. The zero-order valence-corrected chi connectivity index (χ0v) is 27.3. The van der Waals surface area contributed by atoms with Crippen LogP contribution >= 0.6 is 0 Å². The number of aliphatic imine (C=N–C) groups is 1. The van der Waals surface area contributed by atoms with E-state index in [1.54, 1.807) is 0 Å². The predicted molar refractivity (Wildman–Crippen MR) is 205 cm³/mol. The Morgan fingerprint density at radius 1 is 0.431 bits per heavy atom. The molecule has 242 valence electrons. The van der Waals surface area contributed by atoms with Crippen LogP contribution in [0.25, 0.3) is 76.9 Å². The van der Waals surface area contributed by atoms with Crippen LogP contribution in [0.1, 0.15) is 29.0 Å². The molecule has 0 spiro atoms. The topological polar surface area (TPSA) is 75.8 Å². The Labute approximate surface area is 291 Å². The van der Waals surface area contributed by atoms with Crippen LogP contribution in [0.15, 0.2) is 170 Å². The molecule has 2 atom stereocenters. The smallest absolute Gasteiger partial charge is 0.142 e. The van der Waals surface area contributed by atoms with Gasteiger partial charge < -0.3 is 18.6 Å². The van der Waals surface area contributed by atoms with Gasteiger partial charge in [0.1, 0.15) is 51.7 Å². The summed E-state index contributed by atoms with van der Waals surface area (Å²) in [7, 11) is 0. The zero-order chi connectivity index (χ0) is 33.5. The second-order valence-corrected chi connectivity index (χ2v) is 13.2. The molecule has 51 heavy (non-hydrogen) atoms. The Kier molecular flexibility index (Phi) is 6.05. The molecule has 1 aliphatic rings. The van der Waals surface area contributed by atoms with Crippen molar-refractivity contribution in [2.24, 2.45) is 4.99 Å². The monoisotopic (exact) mass is 659 g/mol. The summed E-state index contributed by atoms with van der Waals surface area (Å²) in [5.74, 6) is 0.812. The van der Waals surface area contributed by atoms with Gasteiger partial charge >= 0.3 is 0 Å². The number of rotatable bonds is 4. The number of furan rings is 3. The lowest BCUT2D eigenvalue weighted by Gasteiger charge is -2.32. The highest BCUT2D eigenvalue weighted by atomic mass is 16.3. The lowest BCUT2D eigenvalue weighted by molar-refractivity contribution is 0.410. The summed E-state index contributed by atoms with van der Waals surface area (Å²) < 4.78 is 19.0. The molecule has 0 saturated carbocycles. The van der Waals surface area contributed by atoms with Crippen molar-refractivity contribution in [1.29, 1.82) is 0 Å². The number of hydrogen-bond acceptors (Lipinski definition) is 6. The zero-order valence-electron chi connectivity index (χ0n) is 27.3. The van der Waals surface area contributed by atoms with E-state index in [0.29, 0.717) is 0 Å². The standard InChI is InChI=1S/C45H29N3O3/c1-2-10-26(11-3-1)43-46-44(32-15-9-19-40-41(32)31-13-5-7-18-37(31)50-40)48-45(47-43)33-16-8-14-30-35-25-28(21-23-39(35)51-42(30)33)27-20-22-38-34(24-27)29-12-4-6-17-36(29)49-38/h1-25,44-45,48H,(H,46,47). The average molecular weight is 660 g/mol. The maximum absolute atomic E-state index is 6.68. The molecule has 7 aromatic carbocycles. The van der Waals surface area contributed by atoms with E-state index in [4.69, 9.17) is 18.2 Å². The number of benzene rings is 7. The van der Waals surface area contributed by atoms with Crippen molar-refractivity contribution in [2.45, 2.75) is 12.3 Å². The van der Waals surface area contributed by atoms with Gasteiger partial charge in [-0.15, -0.1) is 0 Å². The van der Waals surface area contributed by atoms with Crippen molar-refractivity contribution in [1.82, 2.24) is 10.6 Å². The lowest BCUT2D eigenvalue weighted by Crippen LogP contribution is -2.45. The SMILES string of the molecule is c1ccc(C2=NC(c3cccc4c3oc3ccc(-c5ccc6oc7ccccc7c6c5)cc34)NC(c3cccc4oc5ccccc5c34)N2)cc1. The van der Waals surface area contributed by atoms with Crippen LogP contribution in [0.2, 0.25) is 0 Å². The largest absolute Gasteiger partial charge is 0.456 e. The molecular formula is C45H29N3O3. The van der Waals surface area contributed by atoms with Gasteiger partial charge in [-0.2, -0.15) is 0 Å². The van der Waals surface area contributed by atoms with Gasteiger partial charge in [0, 0.05) is 49.0 Å². The van der Waals surface area contributed by atoms with Crippen LogP contribution in [0.3, 0.4) is 0 Å². The highest BCUT2D eigenvalue weighted by molar-refractivity contribution is 6.10. The van der Waals surface area contributed by atoms with E-state index in [-0.39, 0.29) is 12.3 Å². The third-order valence-electron chi connectivity index (χ3n) is 10.2. The Morgan fingerprint density at radius 3 is 1.84 bits per heavy atom. The summed E-state index contributed by atoms with van der Waals surface area (Å²) in [6.07, 6.45) is -0.645. The van der Waals surface area contributed by atoms with Gasteiger partial charge in [0.05, 0.1) is 0 Å². The molecule has 10 aromatic rings. The second-order valence-electron chi connectivity index (χ2n) is 13.2. The maximum Gasteiger partial charge on any atom is 0.142 e. The summed E-state index contributed by atoms with van der Waals surface area (Å²) >= 11 is 0. The first-order valence-corrected chi connectivity index (χ1v) is 17.2. The van der Waals surface area contributed by atoms with Gasteiger partial charge in [0.15, 0.2) is 0 Å². The highest BCUT2D eigenvalue weighted by Crippen LogP contribution is 2.40.